The van der Waals surface area contributed by atoms with Gasteiger partial charge in [0.05, 0.1) is 5.36 Å². The Labute approximate surface area is 106 Å². The first-order valence-electron chi connectivity index (χ1n) is 6.05. The lowest BCUT2D eigenvalue weighted by Crippen LogP contribution is -2.51. The summed E-state index contributed by atoms with van der Waals surface area (Å²) in [5.74, 6) is 0. The molecule has 90 valence electrons. The van der Waals surface area contributed by atoms with Gasteiger partial charge in [-0.3, -0.25) is 4.99 Å². The van der Waals surface area contributed by atoms with Crippen LogP contribution in [0.5, 0.6) is 0 Å². The molecule has 3 nitrogen and oxygen atoms in total. The summed E-state index contributed by atoms with van der Waals surface area (Å²) in [6, 6.07) is 8.50. The third-order valence-corrected chi connectivity index (χ3v) is 3.72. The minimum absolute atomic E-state index is 0.0160. The van der Waals surface area contributed by atoms with Gasteiger partial charge in [-0.05, 0) is 31.9 Å². The molecule has 1 fully saturated rings. The second-order valence-corrected chi connectivity index (χ2v) is 5.21. The SMILES string of the molecule is CC(N)[C@H]1N=c2ccccc2=C(Cl)N1C1CC1. The Morgan fingerprint density at radius 3 is 2.76 bits per heavy atom. The van der Waals surface area contributed by atoms with Crippen molar-refractivity contribution in [2.75, 3.05) is 0 Å². The van der Waals surface area contributed by atoms with Gasteiger partial charge in [-0.25, -0.2) is 0 Å². The predicted molar refractivity (Wildman–Crippen MR) is 68.8 cm³/mol. The summed E-state index contributed by atoms with van der Waals surface area (Å²) in [6.07, 6.45) is 2.36. The zero-order valence-electron chi connectivity index (χ0n) is 9.81. The molecule has 0 radical (unpaired) electrons. The quantitative estimate of drug-likeness (QED) is 0.787. The molecule has 2 aliphatic rings. The molecule has 0 amide bonds. The van der Waals surface area contributed by atoms with Crippen molar-refractivity contribution in [2.24, 2.45) is 10.7 Å². The van der Waals surface area contributed by atoms with Gasteiger partial charge in [0, 0.05) is 17.3 Å². The summed E-state index contributed by atoms with van der Waals surface area (Å²) < 4.78 is 0. The van der Waals surface area contributed by atoms with Crippen molar-refractivity contribution < 1.29 is 0 Å². The van der Waals surface area contributed by atoms with Gasteiger partial charge in [-0.2, -0.15) is 0 Å². The molecule has 1 aromatic carbocycles. The summed E-state index contributed by atoms with van der Waals surface area (Å²) in [4.78, 5) is 6.92. The molecular formula is C13H16ClN3. The van der Waals surface area contributed by atoms with E-state index in [0.29, 0.717) is 6.04 Å². The summed E-state index contributed by atoms with van der Waals surface area (Å²) >= 11 is 6.51. The number of benzene rings is 1. The number of halogens is 1. The summed E-state index contributed by atoms with van der Waals surface area (Å²) in [6.45, 7) is 1.99. The van der Waals surface area contributed by atoms with Crippen molar-refractivity contribution in [1.82, 2.24) is 4.90 Å². The third kappa shape index (κ3) is 1.83. The lowest BCUT2D eigenvalue weighted by Gasteiger charge is -2.35. The Morgan fingerprint density at radius 1 is 1.41 bits per heavy atom. The topological polar surface area (TPSA) is 41.6 Å². The first kappa shape index (κ1) is 11.1. The average Bonchev–Trinajstić information content (AvgIpc) is 3.13. The molecule has 1 aliphatic heterocycles. The molecule has 2 N–H and O–H groups in total. The van der Waals surface area contributed by atoms with Crippen LogP contribution in [0, 0.1) is 0 Å². The van der Waals surface area contributed by atoms with E-state index in [1.54, 1.807) is 0 Å². The fraction of sp³-hybridized carbons (Fsp3) is 0.462. The van der Waals surface area contributed by atoms with Crippen molar-refractivity contribution in [3.8, 4) is 0 Å². The Kier molecular flexibility index (Phi) is 2.60. The molecule has 1 aliphatic carbocycles. The molecule has 1 saturated carbocycles. The van der Waals surface area contributed by atoms with Crippen LogP contribution in [0.2, 0.25) is 0 Å². The summed E-state index contributed by atoms with van der Waals surface area (Å²) in [5, 5.41) is 2.79. The molecule has 2 atom stereocenters. The molecule has 0 spiro atoms. The maximum atomic E-state index is 6.51. The van der Waals surface area contributed by atoms with E-state index in [0.717, 1.165) is 15.7 Å². The maximum absolute atomic E-state index is 6.51. The van der Waals surface area contributed by atoms with Crippen LogP contribution in [0.1, 0.15) is 19.8 Å². The lowest BCUT2D eigenvalue weighted by molar-refractivity contribution is 0.256. The van der Waals surface area contributed by atoms with E-state index in [2.05, 4.69) is 4.90 Å². The van der Waals surface area contributed by atoms with E-state index in [4.69, 9.17) is 22.3 Å². The van der Waals surface area contributed by atoms with Crippen molar-refractivity contribution in [1.29, 1.82) is 0 Å². The van der Waals surface area contributed by atoms with Gasteiger partial charge in [-0.1, -0.05) is 23.7 Å². The smallest absolute Gasteiger partial charge is 0.137 e. The zero-order valence-corrected chi connectivity index (χ0v) is 10.6. The van der Waals surface area contributed by atoms with Crippen LogP contribution in [0.25, 0.3) is 5.16 Å². The number of nitrogens with two attached hydrogens (primary N) is 1. The van der Waals surface area contributed by atoms with E-state index in [1.807, 2.05) is 31.2 Å². The Bertz CT molecular complexity index is 548. The van der Waals surface area contributed by atoms with Crippen LogP contribution >= 0.6 is 11.6 Å². The standard InChI is InChI=1S/C13H16ClN3/c1-8(15)13-16-11-5-3-2-4-10(11)12(14)17(13)9-6-7-9/h2-5,8-9,13H,6-7,15H2,1H3/t8?,13-/m0/s1. The predicted octanol–water partition coefficient (Wildman–Crippen LogP) is 0.762. The number of para-hydroxylation sites is 1. The van der Waals surface area contributed by atoms with Crippen LogP contribution in [0.15, 0.2) is 29.3 Å². The normalized spacial score (nSPS) is 25.2. The highest BCUT2D eigenvalue weighted by Gasteiger charge is 2.37. The first-order valence-corrected chi connectivity index (χ1v) is 6.43. The van der Waals surface area contributed by atoms with E-state index < -0.39 is 0 Å². The molecular weight excluding hydrogens is 234 g/mol. The van der Waals surface area contributed by atoms with E-state index >= 15 is 0 Å². The van der Waals surface area contributed by atoms with Gasteiger partial charge in [0.1, 0.15) is 11.3 Å². The second kappa shape index (κ2) is 4.00. The molecule has 0 saturated heterocycles. The van der Waals surface area contributed by atoms with Gasteiger partial charge in [0.15, 0.2) is 0 Å². The average molecular weight is 250 g/mol. The van der Waals surface area contributed by atoms with Gasteiger partial charge in [-0.15, -0.1) is 0 Å². The molecule has 1 unspecified atom stereocenters. The highest BCUT2D eigenvalue weighted by molar-refractivity contribution is 6.44. The fourth-order valence-electron chi connectivity index (χ4n) is 2.32. The van der Waals surface area contributed by atoms with E-state index in [9.17, 15) is 0 Å². The zero-order chi connectivity index (χ0) is 12.0. The highest BCUT2D eigenvalue weighted by atomic mass is 35.5. The van der Waals surface area contributed by atoms with Crippen LogP contribution in [0.4, 0.5) is 0 Å². The maximum Gasteiger partial charge on any atom is 0.137 e. The van der Waals surface area contributed by atoms with Crippen LogP contribution in [-0.2, 0) is 0 Å². The molecule has 3 rings (SSSR count). The van der Waals surface area contributed by atoms with Crippen molar-refractivity contribution >= 4 is 16.8 Å². The lowest BCUT2D eigenvalue weighted by atomic mass is 10.2. The molecule has 0 bridgehead atoms. The van der Waals surface area contributed by atoms with Crippen LogP contribution < -0.4 is 16.3 Å². The van der Waals surface area contributed by atoms with Crippen molar-refractivity contribution in [3.63, 3.8) is 0 Å². The van der Waals surface area contributed by atoms with Crippen LogP contribution in [-0.4, -0.2) is 23.1 Å². The first-order chi connectivity index (χ1) is 8.18. The van der Waals surface area contributed by atoms with Crippen molar-refractivity contribution in [3.05, 3.63) is 34.8 Å². The largest absolute Gasteiger partial charge is 0.335 e. The fourth-order valence-corrected chi connectivity index (χ4v) is 2.72. The highest BCUT2D eigenvalue weighted by Crippen LogP contribution is 2.34. The third-order valence-electron chi connectivity index (χ3n) is 3.32. The van der Waals surface area contributed by atoms with Crippen LogP contribution in [0.3, 0.4) is 0 Å². The van der Waals surface area contributed by atoms with E-state index in [-0.39, 0.29) is 12.2 Å². The number of fused-ring (bicyclic) bond motifs is 1. The number of hydrogen-bond donors (Lipinski definition) is 1. The second-order valence-electron chi connectivity index (χ2n) is 4.85. The summed E-state index contributed by atoms with van der Waals surface area (Å²) in [5.41, 5.74) is 6.04. The Balaban J connectivity index is 2.19. The molecule has 0 aromatic heterocycles. The van der Waals surface area contributed by atoms with Crippen molar-refractivity contribution in [2.45, 2.75) is 38.0 Å². The molecule has 1 aromatic rings. The number of rotatable bonds is 2. The molecule has 1 heterocycles. The van der Waals surface area contributed by atoms with E-state index in [1.165, 1.54) is 12.8 Å². The van der Waals surface area contributed by atoms with Gasteiger partial charge < -0.3 is 10.6 Å². The minimum atomic E-state index is -0.0232. The number of hydrogen-bond acceptors (Lipinski definition) is 3. The molecule has 17 heavy (non-hydrogen) atoms. The summed E-state index contributed by atoms with van der Waals surface area (Å²) in [7, 11) is 0. The molecule has 4 heteroatoms. The monoisotopic (exact) mass is 249 g/mol. The van der Waals surface area contributed by atoms with Gasteiger partial charge in [0.25, 0.3) is 0 Å². The van der Waals surface area contributed by atoms with Gasteiger partial charge >= 0.3 is 0 Å². The minimum Gasteiger partial charge on any atom is -0.335 e. The Morgan fingerprint density at radius 2 is 2.12 bits per heavy atom. The Hall–Kier alpha value is -1.06. The number of nitrogens with zero attached hydrogens (tertiary/aromatic N) is 2. The van der Waals surface area contributed by atoms with Gasteiger partial charge in [0.2, 0.25) is 0 Å².